The molecule has 0 aliphatic carbocycles. The average Bonchev–Trinajstić information content (AvgIpc) is 2.61. The molecule has 3 rings (SSSR count). The Morgan fingerprint density at radius 3 is 2.77 bits per heavy atom. The van der Waals surface area contributed by atoms with Crippen LogP contribution in [0.25, 0.3) is 6.08 Å². The van der Waals surface area contributed by atoms with Gasteiger partial charge in [-0.05, 0) is 49.8 Å². The number of carbonyl (C=O) groups is 1. The van der Waals surface area contributed by atoms with Crippen LogP contribution in [-0.2, 0) is 4.79 Å². The molecular formula is C19H26N2O. The van der Waals surface area contributed by atoms with Crippen molar-refractivity contribution in [2.24, 2.45) is 5.92 Å². The summed E-state index contributed by atoms with van der Waals surface area (Å²) in [5.74, 6) is 0.785. The molecule has 0 spiro atoms. The summed E-state index contributed by atoms with van der Waals surface area (Å²) in [4.78, 5) is 14.5. The fourth-order valence-electron chi connectivity index (χ4n) is 3.66. The van der Waals surface area contributed by atoms with E-state index in [0.29, 0.717) is 12.0 Å². The largest absolute Gasteiger partial charge is 0.339 e. The lowest BCUT2D eigenvalue weighted by Crippen LogP contribution is -2.48. The van der Waals surface area contributed by atoms with E-state index in [4.69, 9.17) is 0 Å². The normalized spacial score (nSPS) is 26.3. The van der Waals surface area contributed by atoms with Gasteiger partial charge in [-0.3, -0.25) is 4.79 Å². The number of hydrogen-bond donors (Lipinski definition) is 1. The molecule has 0 saturated carbocycles. The van der Waals surface area contributed by atoms with Crippen molar-refractivity contribution in [1.29, 1.82) is 0 Å². The second kappa shape index (κ2) is 7.59. The first kappa shape index (κ1) is 15.3. The van der Waals surface area contributed by atoms with Gasteiger partial charge < -0.3 is 10.2 Å². The molecule has 3 heteroatoms. The van der Waals surface area contributed by atoms with Gasteiger partial charge in [0.15, 0.2) is 0 Å². The Morgan fingerprint density at radius 1 is 1.14 bits per heavy atom. The predicted octanol–water partition coefficient (Wildman–Crippen LogP) is 3.08. The Hall–Kier alpha value is -1.61. The quantitative estimate of drug-likeness (QED) is 0.870. The monoisotopic (exact) mass is 298 g/mol. The molecule has 2 unspecified atom stereocenters. The van der Waals surface area contributed by atoms with Crippen LogP contribution in [0.4, 0.5) is 0 Å². The number of benzene rings is 1. The lowest BCUT2D eigenvalue weighted by molar-refractivity contribution is -0.128. The van der Waals surface area contributed by atoms with Crippen LogP contribution in [0.2, 0.25) is 0 Å². The summed E-state index contributed by atoms with van der Waals surface area (Å²) >= 11 is 0. The van der Waals surface area contributed by atoms with Crippen molar-refractivity contribution < 1.29 is 4.79 Å². The Kier molecular flexibility index (Phi) is 5.28. The Labute approximate surface area is 133 Å². The standard InChI is InChI=1S/C19H26N2O/c22-19(12-11-16-7-2-1-3-8-16)21-14-6-9-17(15-21)18-10-4-5-13-20-18/h1-3,7-8,11-12,17-18,20H,4-6,9-10,13-15H2/b12-11+. The summed E-state index contributed by atoms with van der Waals surface area (Å²) in [7, 11) is 0. The summed E-state index contributed by atoms with van der Waals surface area (Å²) < 4.78 is 0. The van der Waals surface area contributed by atoms with Crippen molar-refractivity contribution in [2.75, 3.05) is 19.6 Å². The molecular weight excluding hydrogens is 272 g/mol. The zero-order valence-electron chi connectivity index (χ0n) is 13.2. The third-order valence-corrected chi connectivity index (χ3v) is 4.90. The number of likely N-dealkylation sites (tertiary alicyclic amines) is 1. The highest BCUT2D eigenvalue weighted by atomic mass is 16.2. The van der Waals surface area contributed by atoms with Crippen LogP contribution in [-0.4, -0.2) is 36.5 Å². The van der Waals surface area contributed by atoms with E-state index < -0.39 is 0 Å². The van der Waals surface area contributed by atoms with Gasteiger partial charge in [0.25, 0.3) is 0 Å². The molecule has 2 aliphatic heterocycles. The predicted molar refractivity (Wildman–Crippen MR) is 90.4 cm³/mol. The fourth-order valence-corrected chi connectivity index (χ4v) is 3.66. The van der Waals surface area contributed by atoms with E-state index in [0.717, 1.165) is 31.6 Å². The summed E-state index contributed by atoms with van der Waals surface area (Å²) in [6.45, 7) is 2.96. The second-order valence-corrected chi connectivity index (χ2v) is 6.49. The number of amides is 1. The maximum Gasteiger partial charge on any atom is 0.246 e. The number of hydrogen-bond acceptors (Lipinski definition) is 2. The van der Waals surface area contributed by atoms with Crippen molar-refractivity contribution in [3.63, 3.8) is 0 Å². The summed E-state index contributed by atoms with van der Waals surface area (Å²) in [6.07, 6.45) is 9.93. The van der Waals surface area contributed by atoms with E-state index in [9.17, 15) is 4.79 Å². The summed E-state index contributed by atoms with van der Waals surface area (Å²) in [5.41, 5.74) is 1.08. The molecule has 2 fully saturated rings. The zero-order valence-corrected chi connectivity index (χ0v) is 13.2. The number of rotatable bonds is 3. The van der Waals surface area contributed by atoms with E-state index in [1.165, 1.54) is 25.7 Å². The van der Waals surface area contributed by atoms with E-state index in [2.05, 4.69) is 5.32 Å². The first-order chi connectivity index (χ1) is 10.8. The van der Waals surface area contributed by atoms with Crippen molar-refractivity contribution in [3.8, 4) is 0 Å². The zero-order chi connectivity index (χ0) is 15.2. The van der Waals surface area contributed by atoms with Crippen molar-refractivity contribution in [1.82, 2.24) is 10.2 Å². The maximum atomic E-state index is 12.4. The van der Waals surface area contributed by atoms with Gasteiger partial charge in [0.1, 0.15) is 0 Å². The van der Waals surface area contributed by atoms with Crippen LogP contribution >= 0.6 is 0 Å². The Morgan fingerprint density at radius 2 is 2.00 bits per heavy atom. The lowest BCUT2D eigenvalue weighted by Gasteiger charge is -2.38. The summed E-state index contributed by atoms with van der Waals surface area (Å²) in [6, 6.07) is 10.6. The van der Waals surface area contributed by atoms with Gasteiger partial charge in [-0.15, -0.1) is 0 Å². The highest BCUT2D eigenvalue weighted by Gasteiger charge is 2.29. The number of carbonyl (C=O) groups excluding carboxylic acids is 1. The molecule has 2 saturated heterocycles. The fraction of sp³-hybridized carbons (Fsp3) is 0.526. The Bertz CT molecular complexity index is 505. The van der Waals surface area contributed by atoms with Crippen LogP contribution in [0.5, 0.6) is 0 Å². The van der Waals surface area contributed by atoms with Gasteiger partial charge in [0.2, 0.25) is 5.91 Å². The van der Waals surface area contributed by atoms with Crippen LogP contribution in [0.1, 0.15) is 37.7 Å². The van der Waals surface area contributed by atoms with E-state index in [-0.39, 0.29) is 5.91 Å². The van der Waals surface area contributed by atoms with Crippen LogP contribution in [0, 0.1) is 5.92 Å². The van der Waals surface area contributed by atoms with E-state index in [1.54, 1.807) is 6.08 Å². The lowest BCUT2D eigenvalue weighted by atomic mass is 9.86. The molecule has 1 aromatic carbocycles. The number of nitrogens with one attached hydrogen (secondary N) is 1. The van der Waals surface area contributed by atoms with Crippen molar-refractivity contribution in [2.45, 2.75) is 38.1 Å². The van der Waals surface area contributed by atoms with Crippen LogP contribution in [0.15, 0.2) is 36.4 Å². The van der Waals surface area contributed by atoms with E-state index in [1.807, 2.05) is 41.3 Å². The number of nitrogens with zero attached hydrogens (tertiary/aromatic N) is 1. The molecule has 1 amide bonds. The molecule has 118 valence electrons. The highest BCUT2D eigenvalue weighted by Crippen LogP contribution is 2.24. The first-order valence-corrected chi connectivity index (χ1v) is 8.58. The average molecular weight is 298 g/mol. The van der Waals surface area contributed by atoms with Gasteiger partial charge in [0, 0.05) is 25.2 Å². The molecule has 2 atom stereocenters. The minimum absolute atomic E-state index is 0.157. The third kappa shape index (κ3) is 3.98. The molecule has 1 aromatic rings. The van der Waals surface area contributed by atoms with Gasteiger partial charge in [-0.25, -0.2) is 0 Å². The number of piperidine rings is 2. The van der Waals surface area contributed by atoms with Gasteiger partial charge >= 0.3 is 0 Å². The molecule has 2 aliphatic rings. The van der Waals surface area contributed by atoms with Crippen LogP contribution < -0.4 is 5.32 Å². The molecule has 3 nitrogen and oxygen atoms in total. The molecule has 0 aromatic heterocycles. The molecule has 2 heterocycles. The maximum absolute atomic E-state index is 12.4. The van der Waals surface area contributed by atoms with E-state index >= 15 is 0 Å². The Balaban J connectivity index is 1.57. The molecule has 22 heavy (non-hydrogen) atoms. The topological polar surface area (TPSA) is 32.3 Å². The van der Waals surface area contributed by atoms with Crippen LogP contribution in [0.3, 0.4) is 0 Å². The van der Waals surface area contributed by atoms with Crippen molar-refractivity contribution in [3.05, 3.63) is 42.0 Å². The van der Waals surface area contributed by atoms with Gasteiger partial charge in [-0.1, -0.05) is 36.8 Å². The molecule has 0 radical (unpaired) electrons. The smallest absolute Gasteiger partial charge is 0.246 e. The third-order valence-electron chi connectivity index (χ3n) is 4.90. The first-order valence-electron chi connectivity index (χ1n) is 8.58. The highest BCUT2D eigenvalue weighted by molar-refractivity contribution is 5.91. The van der Waals surface area contributed by atoms with Gasteiger partial charge in [-0.2, -0.15) is 0 Å². The summed E-state index contributed by atoms with van der Waals surface area (Å²) in [5, 5.41) is 3.65. The minimum Gasteiger partial charge on any atom is -0.339 e. The SMILES string of the molecule is O=C(/C=C/c1ccccc1)N1CCCC(C2CCCCN2)C1. The molecule has 1 N–H and O–H groups in total. The molecule has 0 bridgehead atoms. The minimum atomic E-state index is 0.157. The van der Waals surface area contributed by atoms with Gasteiger partial charge in [0.05, 0.1) is 0 Å². The van der Waals surface area contributed by atoms with Crippen molar-refractivity contribution >= 4 is 12.0 Å². The second-order valence-electron chi connectivity index (χ2n) is 6.49.